The molecule has 0 saturated heterocycles. The molecule has 1 aromatic heterocycles. The van der Waals surface area contributed by atoms with E-state index in [-0.39, 0.29) is 6.04 Å². The molecule has 0 aliphatic rings. The average Bonchev–Trinajstić information content (AvgIpc) is 2.80. The molecule has 0 bridgehead atoms. The van der Waals surface area contributed by atoms with Crippen molar-refractivity contribution in [3.63, 3.8) is 0 Å². The number of benzene rings is 2. The molecule has 0 radical (unpaired) electrons. The minimum atomic E-state index is 0.0428. The van der Waals surface area contributed by atoms with Crippen LogP contribution in [0.15, 0.2) is 42.5 Å². The molecule has 0 aliphatic heterocycles. The zero-order chi connectivity index (χ0) is 13.4. The highest BCUT2D eigenvalue weighted by molar-refractivity contribution is 7.15. The van der Waals surface area contributed by atoms with E-state index in [1.807, 2.05) is 13.8 Å². The lowest BCUT2D eigenvalue weighted by atomic mass is 10.1. The van der Waals surface area contributed by atoms with E-state index in [0.29, 0.717) is 0 Å². The van der Waals surface area contributed by atoms with E-state index >= 15 is 0 Å². The largest absolute Gasteiger partial charge is 0.323 e. The lowest BCUT2D eigenvalue weighted by Gasteiger charge is -2.03. The monoisotopic (exact) mass is 268 g/mol. The van der Waals surface area contributed by atoms with Crippen LogP contribution in [0.4, 0.5) is 0 Å². The summed E-state index contributed by atoms with van der Waals surface area (Å²) in [6, 6.07) is 14.8. The zero-order valence-electron chi connectivity index (χ0n) is 11.1. The first-order valence-electron chi connectivity index (χ1n) is 6.38. The molecule has 1 unspecified atom stereocenters. The van der Waals surface area contributed by atoms with Gasteiger partial charge in [-0.05, 0) is 24.6 Å². The minimum Gasteiger partial charge on any atom is -0.323 e. The third-order valence-electron chi connectivity index (χ3n) is 3.27. The Hall–Kier alpha value is -1.71. The second kappa shape index (κ2) is 4.76. The summed E-state index contributed by atoms with van der Waals surface area (Å²) >= 11 is 1.70. The maximum absolute atomic E-state index is 5.99. The molecular formula is C16H16N2S. The summed E-state index contributed by atoms with van der Waals surface area (Å²) in [6.07, 6.45) is 0. The Morgan fingerprint density at radius 2 is 1.84 bits per heavy atom. The highest BCUT2D eigenvalue weighted by Gasteiger charge is 2.13. The van der Waals surface area contributed by atoms with Crippen LogP contribution in [0.1, 0.15) is 23.5 Å². The number of fused-ring (bicyclic) bond motifs is 1. The number of rotatable bonds is 2. The molecule has 0 saturated carbocycles. The quantitative estimate of drug-likeness (QED) is 0.753. The van der Waals surface area contributed by atoms with Gasteiger partial charge < -0.3 is 5.73 Å². The molecule has 3 rings (SSSR count). The van der Waals surface area contributed by atoms with Gasteiger partial charge in [0, 0.05) is 16.5 Å². The Morgan fingerprint density at radius 3 is 2.58 bits per heavy atom. The van der Waals surface area contributed by atoms with Gasteiger partial charge in [-0.15, -0.1) is 11.3 Å². The van der Waals surface area contributed by atoms with Gasteiger partial charge in [-0.25, -0.2) is 4.98 Å². The molecule has 19 heavy (non-hydrogen) atoms. The topological polar surface area (TPSA) is 38.9 Å². The summed E-state index contributed by atoms with van der Waals surface area (Å²) in [6.45, 7) is 4.04. The third kappa shape index (κ3) is 2.15. The number of nitrogens with zero attached hydrogens (tertiary/aromatic N) is 1. The molecule has 0 spiro atoms. The fourth-order valence-electron chi connectivity index (χ4n) is 2.36. The first-order valence-corrected chi connectivity index (χ1v) is 7.19. The number of nitrogens with two attached hydrogens (primary N) is 1. The normalized spacial score (nSPS) is 12.8. The smallest absolute Gasteiger partial charge is 0.124 e. The molecule has 0 fully saturated rings. The molecule has 96 valence electrons. The predicted molar refractivity (Wildman–Crippen MR) is 82.4 cm³/mol. The molecule has 3 aromatic rings. The summed E-state index contributed by atoms with van der Waals surface area (Å²) in [7, 11) is 0. The number of aromatic nitrogens is 1. The van der Waals surface area contributed by atoms with Crippen LogP contribution in [0.5, 0.6) is 0 Å². The van der Waals surface area contributed by atoms with Crippen molar-refractivity contribution in [3.8, 4) is 10.6 Å². The van der Waals surface area contributed by atoms with Crippen LogP contribution in [0, 0.1) is 6.92 Å². The van der Waals surface area contributed by atoms with Crippen LogP contribution in [-0.2, 0) is 0 Å². The Kier molecular flexibility index (Phi) is 3.09. The summed E-state index contributed by atoms with van der Waals surface area (Å²) in [5, 5.41) is 3.55. The SMILES string of the molecule is Cc1nc(-c2cccc3ccccc23)sc1C(C)N. The van der Waals surface area contributed by atoms with E-state index in [1.54, 1.807) is 11.3 Å². The molecule has 2 N–H and O–H groups in total. The highest BCUT2D eigenvalue weighted by Crippen LogP contribution is 2.34. The van der Waals surface area contributed by atoms with E-state index in [0.717, 1.165) is 10.7 Å². The highest BCUT2D eigenvalue weighted by atomic mass is 32.1. The fourth-order valence-corrected chi connectivity index (χ4v) is 3.42. The van der Waals surface area contributed by atoms with E-state index in [1.165, 1.54) is 21.2 Å². The Balaban J connectivity index is 2.22. The average molecular weight is 268 g/mol. The summed E-state index contributed by atoms with van der Waals surface area (Å²) in [5.41, 5.74) is 8.23. The second-order valence-corrected chi connectivity index (χ2v) is 5.81. The Labute approximate surface area is 116 Å². The van der Waals surface area contributed by atoms with Crippen molar-refractivity contribution in [2.45, 2.75) is 19.9 Å². The summed E-state index contributed by atoms with van der Waals surface area (Å²) < 4.78 is 0. The van der Waals surface area contributed by atoms with Crippen LogP contribution in [0.2, 0.25) is 0 Å². The van der Waals surface area contributed by atoms with Gasteiger partial charge in [-0.1, -0.05) is 42.5 Å². The lowest BCUT2D eigenvalue weighted by Crippen LogP contribution is -2.03. The van der Waals surface area contributed by atoms with Gasteiger partial charge in [0.25, 0.3) is 0 Å². The van der Waals surface area contributed by atoms with Crippen molar-refractivity contribution >= 4 is 22.1 Å². The Morgan fingerprint density at radius 1 is 1.11 bits per heavy atom. The molecule has 1 atom stereocenters. The van der Waals surface area contributed by atoms with Gasteiger partial charge in [0.05, 0.1) is 5.69 Å². The molecule has 1 heterocycles. The first-order chi connectivity index (χ1) is 9.16. The van der Waals surface area contributed by atoms with Crippen LogP contribution in [0.25, 0.3) is 21.3 Å². The van der Waals surface area contributed by atoms with E-state index in [2.05, 4.69) is 42.5 Å². The maximum atomic E-state index is 5.99. The van der Waals surface area contributed by atoms with Crippen molar-refractivity contribution in [2.75, 3.05) is 0 Å². The number of hydrogen-bond acceptors (Lipinski definition) is 3. The number of hydrogen-bond donors (Lipinski definition) is 1. The van der Waals surface area contributed by atoms with Crippen LogP contribution >= 0.6 is 11.3 Å². The zero-order valence-corrected chi connectivity index (χ0v) is 11.9. The predicted octanol–water partition coefficient (Wildman–Crippen LogP) is 4.29. The molecule has 2 nitrogen and oxygen atoms in total. The van der Waals surface area contributed by atoms with Gasteiger partial charge >= 0.3 is 0 Å². The lowest BCUT2D eigenvalue weighted by molar-refractivity contribution is 0.825. The van der Waals surface area contributed by atoms with Crippen LogP contribution in [-0.4, -0.2) is 4.98 Å². The van der Waals surface area contributed by atoms with Crippen molar-refractivity contribution < 1.29 is 0 Å². The van der Waals surface area contributed by atoms with Crippen molar-refractivity contribution in [1.82, 2.24) is 4.98 Å². The van der Waals surface area contributed by atoms with Crippen molar-refractivity contribution in [3.05, 3.63) is 53.0 Å². The van der Waals surface area contributed by atoms with Crippen LogP contribution in [0.3, 0.4) is 0 Å². The molecular weight excluding hydrogens is 252 g/mol. The third-order valence-corrected chi connectivity index (χ3v) is 4.66. The number of thiazole rings is 1. The van der Waals surface area contributed by atoms with Gasteiger partial charge in [0.1, 0.15) is 5.01 Å². The van der Waals surface area contributed by atoms with Gasteiger partial charge in [-0.3, -0.25) is 0 Å². The Bertz CT molecular complexity index is 723. The van der Waals surface area contributed by atoms with Crippen molar-refractivity contribution in [1.29, 1.82) is 0 Å². The van der Waals surface area contributed by atoms with Gasteiger partial charge in [0.2, 0.25) is 0 Å². The molecule has 3 heteroatoms. The number of aryl methyl sites for hydroxylation is 1. The standard InChI is InChI=1S/C16H16N2S/c1-10(17)15-11(2)18-16(19-15)14-9-5-7-12-6-3-4-8-13(12)14/h3-10H,17H2,1-2H3. The first kappa shape index (κ1) is 12.3. The summed E-state index contributed by atoms with van der Waals surface area (Å²) in [4.78, 5) is 5.86. The van der Waals surface area contributed by atoms with E-state index in [4.69, 9.17) is 10.7 Å². The second-order valence-electron chi connectivity index (χ2n) is 4.78. The van der Waals surface area contributed by atoms with E-state index < -0.39 is 0 Å². The fraction of sp³-hybridized carbons (Fsp3) is 0.188. The van der Waals surface area contributed by atoms with Crippen molar-refractivity contribution in [2.24, 2.45) is 5.73 Å². The molecule has 2 aromatic carbocycles. The molecule has 0 aliphatic carbocycles. The maximum Gasteiger partial charge on any atom is 0.124 e. The molecule has 0 amide bonds. The van der Waals surface area contributed by atoms with E-state index in [9.17, 15) is 0 Å². The van der Waals surface area contributed by atoms with Crippen LogP contribution < -0.4 is 5.73 Å². The van der Waals surface area contributed by atoms with Gasteiger partial charge in [-0.2, -0.15) is 0 Å². The van der Waals surface area contributed by atoms with Gasteiger partial charge in [0.15, 0.2) is 0 Å². The summed E-state index contributed by atoms with van der Waals surface area (Å²) in [5.74, 6) is 0. The minimum absolute atomic E-state index is 0.0428.